The van der Waals surface area contributed by atoms with Crippen molar-refractivity contribution in [3.8, 4) is 0 Å². The minimum atomic E-state index is -0.357. The van der Waals surface area contributed by atoms with Gasteiger partial charge in [-0.3, -0.25) is 10.1 Å². The quantitative estimate of drug-likeness (QED) is 0.847. The number of amides is 1. The first kappa shape index (κ1) is 15.3. The van der Waals surface area contributed by atoms with E-state index in [-0.39, 0.29) is 11.7 Å². The summed E-state index contributed by atoms with van der Waals surface area (Å²) >= 11 is 0. The van der Waals surface area contributed by atoms with Gasteiger partial charge < -0.3 is 9.64 Å². The average Bonchev–Trinajstić information content (AvgIpc) is 3.03. The number of hydrogen-bond donors (Lipinski definition) is 1. The molecule has 0 aromatic carbocycles. The van der Waals surface area contributed by atoms with E-state index in [0.29, 0.717) is 24.0 Å². The Bertz CT molecular complexity index is 388. The van der Waals surface area contributed by atoms with Gasteiger partial charge in [-0.2, -0.15) is 0 Å². The van der Waals surface area contributed by atoms with Crippen LogP contribution in [0.2, 0.25) is 0 Å². The zero-order valence-corrected chi connectivity index (χ0v) is 13.7. The topological polar surface area (TPSA) is 41.6 Å². The summed E-state index contributed by atoms with van der Waals surface area (Å²) in [5.41, 5.74) is -0.357. The Kier molecular flexibility index (Phi) is 4.28. The average molecular weight is 294 g/mol. The number of hydrogen-bond acceptors (Lipinski definition) is 3. The first-order chi connectivity index (χ1) is 10.1. The van der Waals surface area contributed by atoms with Gasteiger partial charge >= 0.3 is 0 Å². The molecule has 1 amide bonds. The molecule has 1 saturated heterocycles. The Hall–Kier alpha value is -0.610. The Labute approximate surface area is 128 Å². The molecule has 3 rings (SSSR count). The van der Waals surface area contributed by atoms with Crippen LogP contribution < -0.4 is 5.32 Å². The van der Waals surface area contributed by atoms with Crippen LogP contribution in [0.5, 0.6) is 0 Å². The zero-order chi connectivity index (χ0) is 15.0. The summed E-state index contributed by atoms with van der Waals surface area (Å²) in [7, 11) is 0. The summed E-state index contributed by atoms with van der Waals surface area (Å²) in [4.78, 5) is 15.2. The van der Waals surface area contributed by atoms with E-state index in [9.17, 15) is 4.79 Å². The molecule has 4 heteroatoms. The molecule has 3 fully saturated rings. The van der Waals surface area contributed by atoms with Crippen LogP contribution in [-0.2, 0) is 9.53 Å². The number of rotatable bonds is 5. The van der Waals surface area contributed by atoms with Gasteiger partial charge in [0.2, 0.25) is 5.91 Å². The minimum Gasteiger partial charge on any atom is -0.378 e. The van der Waals surface area contributed by atoms with Crippen LogP contribution in [0.3, 0.4) is 0 Å². The highest BCUT2D eigenvalue weighted by molar-refractivity contribution is 5.88. The first-order valence-electron chi connectivity index (χ1n) is 8.81. The van der Waals surface area contributed by atoms with Gasteiger partial charge in [-0.05, 0) is 51.9 Å². The number of ether oxygens (including phenoxy) is 1. The molecule has 120 valence electrons. The smallest absolute Gasteiger partial charge is 0.244 e. The van der Waals surface area contributed by atoms with Gasteiger partial charge in [0.1, 0.15) is 0 Å². The molecular weight excluding hydrogens is 264 g/mol. The van der Waals surface area contributed by atoms with Crippen LogP contribution in [-0.4, -0.2) is 41.3 Å². The standard InChI is InChI=1S/C17H30N2O2/c1-4-17(3)16(20)19(13-10-14(11-13)21-5-2)15(18-17)12-8-6-7-9-12/h12-15,18H,4-11H2,1-3H3. The zero-order valence-electron chi connectivity index (χ0n) is 13.7. The third kappa shape index (κ3) is 2.61. The van der Waals surface area contributed by atoms with E-state index in [1.54, 1.807) is 0 Å². The Morgan fingerprint density at radius 1 is 1.29 bits per heavy atom. The summed E-state index contributed by atoms with van der Waals surface area (Å²) in [6.45, 7) is 7.02. The molecule has 2 aliphatic carbocycles. The fourth-order valence-corrected chi connectivity index (χ4v) is 4.27. The van der Waals surface area contributed by atoms with Gasteiger partial charge in [-0.15, -0.1) is 0 Å². The monoisotopic (exact) mass is 294 g/mol. The largest absolute Gasteiger partial charge is 0.378 e. The first-order valence-corrected chi connectivity index (χ1v) is 8.81. The van der Waals surface area contributed by atoms with Crippen LogP contribution in [0, 0.1) is 5.92 Å². The third-order valence-corrected chi connectivity index (χ3v) is 5.89. The van der Waals surface area contributed by atoms with Gasteiger partial charge in [0, 0.05) is 12.6 Å². The molecule has 3 aliphatic rings. The van der Waals surface area contributed by atoms with Crippen LogP contribution in [0.1, 0.15) is 65.7 Å². The lowest BCUT2D eigenvalue weighted by molar-refractivity contribution is -0.142. The van der Waals surface area contributed by atoms with Crippen molar-refractivity contribution in [2.75, 3.05) is 6.61 Å². The van der Waals surface area contributed by atoms with Crippen LogP contribution in [0.25, 0.3) is 0 Å². The third-order valence-electron chi connectivity index (χ3n) is 5.89. The molecule has 2 atom stereocenters. The predicted octanol–water partition coefficient (Wildman–Crippen LogP) is 2.67. The lowest BCUT2D eigenvalue weighted by Crippen LogP contribution is -2.55. The van der Waals surface area contributed by atoms with Crippen LogP contribution >= 0.6 is 0 Å². The fourth-order valence-electron chi connectivity index (χ4n) is 4.27. The molecule has 0 spiro atoms. The van der Waals surface area contributed by atoms with Crippen molar-refractivity contribution < 1.29 is 9.53 Å². The van der Waals surface area contributed by atoms with E-state index in [2.05, 4.69) is 24.1 Å². The van der Waals surface area contributed by atoms with Gasteiger partial charge in [0.05, 0.1) is 17.8 Å². The normalized spacial score (nSPS) is 40.8. The highest BCUT2D eigenvalue weighted by Gasteiger charge is 2.53. The Morgan fingerprint density at radius 3 is 2.52 bits per heavy atom. The van der Waals surface area contributed by atoms with Crippen molar-refractivity contribution >= 4 is 5.91 Å². The highest BCUT2D eigenvalue weighted by Crippen LogP contribution is 2.40. The molecule has 4 nitrogen and oxygen atoms in total. The van der Waals surface area contributed by atoms with Crippen molar-refractivity contribution in [1.29, 1.82) is 0 Å². The molecule has 1 heterocycles. The lowest BCUT2D eigenvalue weighted by atomic mass is 9.86. The molecule has 0 radical (unpaired) electrons. The summed E-state index contributed by atoms with van der Waals surface area (Å²) in [6, 6.07) is 0.389. The number of nitrogens with one attached hydrogen (secondary N) is 1. The highest BCUT2D eigenvalue weighted by atomic mass is 16.5. The molecule has 0 bridgehead atoms. The van der Waals surface area contributed by atoms with Crippen molar-refractivity contribution in [1.82, 2.24) is 10.2 Å². The van der Waals surface area contributed by atoms with Crippen molar-refractivity contribution in [2.24, 2.45) is 5.92 Å². The number of carbonyl (C=O) groups excluding carboxylic acids is 1. The molecule has 0 aromatic heterocycles. The number of nitrogens with zero attached hydrogens (tertiary/aromatic N) is 1. The van der Waals surface area contributed by atoms with Crippen LogP contribution in [0.4, 0.5) is 0 Å². The van der Waals surface area contributed by atoms with Crippen molar-refractivity contribution in [3.05, 3.63) is 0 Å². The second-order valence-corrected chi connectivity index (χ2v) is 7.23. The second-order valence-electron chi connectivity index (χ2n) is 7.23. The predicted molar refractivity (Wildman–Crippen MR) is 82.9 cm³/mol. The lowest BCUT2D eigenvalue weighted by Gasteiger charge is -2.44. The maximum atomic E-state index is 12.9. The molecule has 2 unspecified atom stereocenters. The van der Waals surface area contributed by atoms with E-state index in [0.717, 1.165) is 25.9 Å². The van der Waals surface area contributed by atoms with E-state index in [1.807, 2.05) is 6.92 Å². The SMILES string of the molecule is CCOC1CC(N2C(=O)C(C)(CC)NC2C2CCCC2)C1. The minimum absolute atomic E-state index is 0.262. The van der Waals surface area contributed by atoms with Crippen LogP contribution in [0.15, 0.2) is 0 Å². The van der Waals surface area contributed by atoms with E-state index < -0.39 is 0 Å². The molecule has 0 aromatic rings. The number of carbonyl (C=O) groups is 1. The maximum absolute atomic E-state index is 12.9. The molecule has 2 saturated carbocycles. The Morgan fingerprint density at radius 2 is 1.95 bits per heavy atom. The summed E-state index contributed by atoms with van der Waals surface area (Å²) in [5.74, 6) is 0.968. The summed E-state index contributed by atoms with van der Waals surface area (Å²) in [5, 5.41) is 3.69. The second kappa shape index (κ2) is 5.88. The maximum Gasteiger partial charge on any atom is 0.244 e. The van der Waals surface area contributed by atoms with Gasteiger partial charge in [-0.1, -0.05) is 19.8 Å². The van der Waals surface area contributed by atoms with Gasteiger partial charge in [0.25, 0.3) is 0 Å². The molecule has 1 aliphatic heterocycles. The molecular formula is C17H30N2O2. The van der Waals surface area contributed by atoms with Gasteiger partial charge in [-0.25, -0.2) is 0 Å². The van der Waals surface area contributed by atoms with E-state index in [4.69, 9.17) is 4.74 Å². The van der Waals surface area contributed by atoms with Crippen molar-refractivity contribution in [3.63, 3.8) is 0 Å². The molecule has 21 heavy (non-hydrogen) atoms. The molecule has 1 N–H and O–H groups in total. The van der Waals surface area contributed by atoms with Gasteiger partial charge in [0.15, 0.2) is 0 Å². The Balaban J connectivity index is 1.73. The van der Waals surface area contributed by atoms with E-state index in [1.165, 1.54) is 25.7 Å². The van der Waals surface area contributed by atoms with Crippen molar-refractivity contribution in [2.45, 2.75) is 89.6 Å². The van der Waals surface area contributed by atoms with E-state index >= 15 is 0 Å². The fraction of sp³-hybridized carbons (Fsp3) is 0.941. The summed E-state index contributed by atoms with van der Waals surface area (Å²) in [6.07, 6.45) is 8.70. The summed E-state index contributed by atoms with van der Waals surface area (Å²) < 4.78 is 5.68.